The summed E-state index contributed by atoms with van der Waals surface area (Å²) in [6, 6.07) is 3.09. The van der Waals surface area contributed by atoms with Gasteiger partial charge in [-0.05, 0) is 37.5 Å². The van der Waals surface area contributed by atoms with E-state index in [1.54, 1.807) is 0 Å². The summed E-state index contributed by atoms with van der Waals surface area (Å²) in [7, 11) is 0. The van der Waals surface area contributed by atoms with Crippen LogP contribution < -0.4 is 5.73 Å². The number of aryl methyl sites for hydroxylation is 1. The van der Waals surface area contributed by atoms with E-state index in [-0.39, 0.29) is 17.7 Å². The number of hydrogen-bond acceptors (Lipinski definition) is 2. The van der Waals surface area contributed by atoms with E-state index in [0.29, 0.717) is 11.1 Å². The van der Waals surface area contributed by atoms with E-state index in [9.17, 15) is 18.0 Å². The van der Waals surface area contributed by atoms with E-state index >= 15 is 0 Å². The quantitative estimate of drug-likeness (QED) is 0.842. The van der Waals surface area contributed by atoms with Gasteiger partial charge in [-0.1, -0.05) is 18.9 Å². The van der Waals surface area contributed by atoms with Gasteiger partial charge in [-0.3, -0.25) is 4.79 Å². The maximum Gasteiger partial charge on any atom is 0.416 e. The van der Waals surface area contributed by atoms with E-state index in [2.05, 4.69) is 0 Å². The lowest BCUT2D eigenvalue weighted by Crippen LogP contribution is -2.38. The van der Waals surface area contributed by atoms with Gasteiger partial charge < -0.3 is 5.73 Å². The van der Waals surface area contributed by atoms with E-state index in [4.69, 9.17) is 5.73 Å². The maximum atomic E-state index is 12.6. The minimum absolute atomic E-state index is 0.122. The largest absolute Gasteiger partial charge is 0.416 e. The SMILES string of the molecule is Cc1cc(C(F)(F)F)ccc1C(=O)C1CCCCC1N. The van der Waals surface area contributed by atoms with Crippen molar-refractivity contribution in [1.82, 2.24) is 0 Å². The minimum Gasteiger partial charge on any atom is -0.327 e. The first kappa shape index (κ1) is 15.0. The molecule has 0 saturated heterocycles. The molecule has 0 aliphatic heterocycles. The highest BCUT2D eigenvalue weighted by Gasteiger charge is 2.33. The summed E-state index contributed by atoms with van der Waals surface area (Å²) in [5.74, 6) is -0.386. The number of nitrogens with two attached hydrogens (primary N) is 1. The molecule has 0 spiro atoms. The lowest BCUT2D eigenvalue weighted by molar-refractivity contribution is -0.137. The Morgan fingerprint density at radius 2 is 1.90 bits per heavy atom. The van der Waals surface area contributed by atoms with Crippen molar-refractivity contribution in [1.29, 1.82) is 0 Å². The molecule has 20 heavy (non-hydrogen) atoms. The van der Waals surface area contributed by atoms with Crippen LogP contribution in [0.2, 0.25) is 0 Å². The van der Waals surface area contributed by atoms with Crippen molar-refractivity contribution in [2.75, 3.05) is 0 Å². The number of benzene rings is 1. The van der Waals surface area contributed by atoms with Crippen LogP contribution in [0.1, 0.15) is 47.2 Å². The van der Waals surface area contributed by atoms with Crippen molar-refractivity contribution >= 4 is 5.78 Å². The zero-order valence-corrected chi connectivity index (χ0v) is 11.3. The topological polar surface area (TPSA) is 43.1 Å². The normalized spacial score (nSPS) is 23.6. The number of carbonyl (C=O) groups excluding carboxylic acids is 1. The van der Waals surface area contributed by atoms with Gasteiger partial charge >= 0.3 is 6.18 Å². The van der Waals surface area contributed by atoms with Gasteiger partial charge in [0, 0.05) is 17.5 Å². The van der Waals surface area contributed by atoms with Crippen molar-refractivity contribution in [3.8, 4) is 0 Å². The molecule has 1 aliphatic rings. The number of Topliss-reactive ketones (excluding diaryl/α,β-unsaturated/α-hetero) is 1. The highest BCUT2D eigenvalue weighted by molar-refractivity contribution is 5.99. The Hall–Kier alpha value is -1.36. The number of carbonyl (C=O) groups is 1. The summed E-state index contributed by atoms with van der Waals surface area (Å²) in [5, 5.41) is 0. The fourth-order valence-corrected chi connectivity index (χ4v) is 2.80. The standard InChI is InChI=1S/C15H18F3NO/c1-9-8-10(15(16,17)18)6-7-11(9)14(20)12-4-2-3-5-13(12)19/h6-8,12-13H,2-5,19H2,1H3. The number of rotatable bonds is 2. The molecule has 2 unspecified atom stereocenters. The molecule has 0 bridgehead atoms. The molecule has 1 fully saturated rings. The van der Waals surface area contributed by atoms with Gasteiger partial charge in [0.1, 0.15) is 0 Å². The van der Waals surface area contributed by atoms with Gasteiger partial charge in [-0.25, -0.2) is 0 Å². The van der Waals surface area contributed by atoms with Crippen LogP contribution in [0.5, 0.6) is 0 Å². The summed E-state index contributed by atoms with van der Waals surface area (Å²) >= 11 is 0. The summed E-state index contributed by atoms with van der Waals surface area (Å²) in [4.78, 5) is 12.4. The molecule has 2 nitrogen and oxygen atoms in total. The molecule has 0 radical (unpaired) electrons. The Morgan fingerprint density at radius 3 is 2.45 bits per heavy atom. The highest BCUT2D eigenvalue weighted by atomic mass is 19.4. The summed E-state index contributed by atoms with van der Waals surface area (Å²) in [6.07, 6.45) is -0.898. The minimum atomic E-state index is -4.38. The van der Waals surface area contributed by atoms with E-state index < -0.39 is 11.7 Å². The van der Waals surface area contributed by atoms with Crippen LogP contribution in [0, 0.1) is 12.8 Å². The van der Waals surface area contributed by atoms with Crippen LogP contribution in [0.15, 0.2) is 18.2 Å². The number of halogens is 3. The third kappa shape index (κ3) is 3.03. The smallest absolute Gasteiger partial charge is 0.327 e. The molecule has 110 valence electrons. The second-order valence-corrected chi connectivity index (χ2v) is 5.45. The Bertz CT molecular complexity index is 510. The average Bonchev–Trinajstić information content (AvgIpc) is 2.37. The molecule has 2 N–H and O–H groups in total. The second kappa shape index (κ2) is 5.56. The molecule has 1 saturated carbocycles. The van der Waals surface area contributed by atoms with E-state index in [1.165, 1.54) is 13.0 Å². The zero-order chi connectivity index (χ0) is 14.9. The fourth-order valence-electron chi connectivity index (χ4n) is 2.80. The van der Waals surface area contributed by atoms with Gasteiger partial charge in [0.15, 0.2) is 5.78 Å². The van der Waals surface area contributed by atoms with Crippen LogP contribution >= 0.6 is 0 Å². The molecule has 2 rings (SSSR count). The molecule has 1 aliphatic carbocycles. The predicted octanol–water partition coefficient (Wildman–Crippen LogP) is 3.71. The maximum absolute atomic E-state index is 12.6. The molecule has 0 aromatic heterocycles. The third-order valence-electron chi connectivity index (χ3n) is 3.98. The Labute approximate surface area is 116 Å². The third-order valence-corrected chi connectivity index (χ3v) is 3.98. The molecule has 2 atom stereocenters. The molecule has 5 heteroatoms. The van der Waals surface area contributed by atoms with Crippen LogP contribution in [-0.2, 0) is 6.18 Å². The number of alkyl halides is 3. The van der Waals surface area contributed by atoms with Crippen LogP contribution in [0.4, 0.5) is 13.2 Å². The van der Waals surface area contributed by atoms with Crippen molar-refractivity contribution in [2.24, 2.45) is 11.7 Å². The summed E-state index contributed by atoms with van der Waals surface area (Å²) < 4.78 is 37.8. The van der Waals surface area contributed by atoms with Gasteiger partial charge in [0.05, 0.1) is 5.56 Å². The summed E-state index contributed by atoms with van der Waals surface area (Å²) in [5.41, 5.74) is 5.97. The Kier molecular flexibility index (Phi) is 4.18. The van der Waals surface area contributed by atoms with Crippen LogP contribution in [0.3, 0.4) is 0 Å². The zero-order valence-electron chi connectivity index (χ0n) is 11.3. The lowest BCUT2D eigenvalue weighted by Gasteiger charge is -2.27. The molecule has 1 aromatic rings. The molecule has 0 heterocycles. The number of ketones is 1. The summed E-state index contributed by atoms with van der Waals surface area (Å²) in [6.45, 7) is 1.54. The second-order valence-electron chi connectivity index (χ2n) is 5.45. The molecular weight excluding hydrogens is 267 g/mol. The van der Waals surface area contributed by atoms with Gasteiger partial charge in [-0.15, -0.1) is 0 Å². The highest BCUT2D eigenvalue weighted by Crippen LogP contribution is 2.32. The van der Waals surface area contributed by atoms with Gasteiger partial charge in [-0.2, -0.15) is 13.2 Å². The molecular formula is C15H18F3NO. The first-order valence-corrected chi connectivity index (χ1v) is 6.78. The van der Waals surface area contributed by atoms with Gasteiger partial charge in [0.2, 0.25) is 0 Å². The van der Waals surface area contributed by atoms with E-state index in [1.807, 2.05) is 0 Å². The van der Waals surface area contributed by atoms with E-state index in [0.717, 1.165) is 37.8 Å². The first-order chi connectivity index (χ1) is 9.30. The lowest BCUT2D eigenvalue weighted by atomic mass is 9.79. The Balaban J connectivity index is 2.26. The first-order valence-electron chi connectivity index (χ1n) is 6.78. The van der Waals surface area contributed by atoms with Crippen molar-refractivity contribution in [3.63, 3.8) is 0 Å². The van der Waals surface area contributed by atoms with Crippen molar-refractivity contribution < 1.29 is 18.0 Å². The fraction of sp³-hybridized carbons (Fsp3) is 0.533. The number of hydrogen-bond donors (Lipinski definition) is 1. The van der Waals surface area contributed by atoms with Crippen LogP contribution in [-0.4, -0.2) is 11.8 Å². The van der Waals surface area contributed by atoms with Crippen molar-refractivity contribution in [3.05, 3.63) is 34.9 Å². The Morgan fingerprint density at radius 1 is 1.25 bits per heavy atom. The van der Waals surface area contributed by atoms with Crippen molar-refractivity contribution in [2.45, 2.75) is 44.8 Å². The molecule has 1 aromatic carbocycles. The average molecular weight is 285 g/mol. The van der Waals surface area contributed by atoms with Gasteiger partial charge in [0.25, 0.3) is 0 Å². The predicted molar refractivity (Wildman–Crippen MR) is 70.4 cm³/mol. The van der Waals surface area contributed by atoms with Crippen LogP contribution in [0.25, 0.3) is 0 Å². The monoisotopic (exact) mass is 285 g/mol. The molecule has 0 amide bonds.